The normalized spacial score (nSPS) is 10.4. The number of anilines is 2. The molecule has 2 amide bonds. The number of hydrogen-bond donors (Lipinski definition) is 2. The molecule has 28 heavy (non-hydrogen) atoms. The second-order valence-electron chi connectivity index (χ2n) is 5.32. The summed E-state index contributed by atoms with van der Waals surface area (Å²) >= 11 is 3.83. The minimum atomic E-state index is -0.528. The molecule has 12 heteroatoms. The third-order valence-corrected chi connectivity index (χ3v) is 6.08. The number of carbonyl (C=O) groups excluding carboxylic acids is 2. The van der Waals surface area contributed by atoms with Gasteiger partial charge in [-0.05, 0) is 17.5 Å². The Morgan fingerprint density at radius 1 is 1.14 bits per heavy atom. The molecule has 0 fully saturated rings. The highest BCUT2D eigenvalue weighted by Crippen LogP contribution is 2.26. The molecular formula is C16H13N5O4S3. The van der Waals surface area contributed by atoms with Gasteiger partial charge in [0.2, 0.25) is 16.9 Å². The molecule has 0 aliphatic heterocycles. The van der Waals surface area contributed by atoms with Gasteiger partial charge < -0.3 is 10.6 Å². The minimum Gasteiger partial charge on any atom is -0.325 e. The quantitative estimate of drug-likeness (QED) is 0.240. The Hall–Kier alpha value is -2.83. The van der Waals surface area contributed by atoms with Crippen LogP contribution >= 0.6 is 34.4 Å². The van der Waals surface area contributed by atoms with E-state index in [1.165, 1.54) is 40.9 Å². The molecule has 0 bridgehead atoms. The highest BCUT2D eigenvalue weighted by atomic mass is 32.2. The van der Waals surface area contributed by atoms with E-state index in [0.29, 0.717) is 15.2 Å². The summed E-state index contributed by atoms with van der Waals surface area (Å²) in [6, 6.07) is 9.46. The van der Waals surface area contributed by atoms with E-state index in [1.807, 2.05) is 17.5 Å². The van der Waals surface area contributed by atoms with Gasteiger partial charge in [0.25, 0.3) is 5.69 Å². The van der Waals surface area contributed by atoms with Crippen LogP contribution in [0.15, 0.2) is 46.1 Å². The summed E-state index contributed by atoms with van der Waals surface area (Å²) in [5, 5.41) is 26.1. The van der Waals surface area contributed by atoms with Gasteiger partial charge in [0.05, 0.1) is 17.1 Å². The maximum absolute atomic E-state index is 12.0. The molecule has 0 aliphatic rings. The average molecular weight is 436 g/mol. The van der Waals surface area contributed by atoms with Crippen LogP contribution in [0.5, 0.6) is 0 Å². The summed E-state index contributed by atoms with van der Waals surface area (Å²) in [6.07, 6.45) is 0.269. The van der Waals surface area contributed by atoms with Crippen molar-refractivity contribution in [1.29, 1.82) is 0 Å². The number of nitrogens with zero attached hydrogens (tertiary/aromatic N) is 3. The number of nitro benzene ring substituents is 1. The number of benzene rings is 1. The van der Waals surface area contributed by atoms with Gasteiger partial charge in [-0.15, -0.1) is 21.5 Å². The molecule has 2 heterocycles. The first-order valence-corrected chi connectivity index (χ1v) is 10.5. The first-order valence-electron chi connectivity index (χ1n) is 7.82. The Morgan fingerprint density at radius 2 is 2.00 bits per heavy atom. The first kappa shape index (κ1) is 19.9. The van der Waals surface area contributed by atoms with Crippen molar-refractivity contribution < 1.29 is 14.5 Å². The smallest absolute Gasteiger partial charge is 0.271 e. The van der Waals surface area contributed by atoms with Crippen molar-refractivity contribution >= 4 is 62.8 Å². The molecule has 3 aromatic rings. The zero-order chi connectivity index (χ0) is 19.9. The number of non-ortho nitro benzene ring substituents is 1. The highest BCUT2D eigenvalue weighted by Gasteiger charge is 2.12. The molecule has 0 atom stereocenters. The summed E-state index contributed by atoms with van der Waals surface area (Å²) in [5.74, 6) is -0.456. The minimum absolute atomic E-state index is 0.0560. The molecule has 0 aliphatic carbocycles. The number of thiophene rings is 1. The predicted octanol–water partition coefficient (Wildman–Crippen LogP) is 3.42. The van der Waals surface area contributed by atoms with Crippen molar-refractivity contribution in [2.24, 2.45) is 0 Å². The van der Waals surface area contributed by atoms with Crippen LogP contribution < -0.4 is 10.6 Å². The Balaban J connectivity index is 1.47. The Morgan fingerprint density at radius 3 is 2.75 bits per heavy atom. The summed E-state index contributed by atoms with van der Waals surface area (Å²) in [4.78, 5) is 35.2. The fourth-order valence-corrected chi connectivity index (χ4v) is 4.35. The van der Waals surface area contributed by atoms with Crippen molar-refractivity contribution in [3.8, 4) is 0 Å². The Labute approximate surface area is 171 Å². The van der Waals surface area contributed by atoms with Gasteiger partial charge in [-0.3, -0.25) is 19.7 Å². The van der Waals surface area contributed by atoms with Gasteiger partial charge in [-0.25, -0.2) is 0 Å². The number of thioether (sulfide) groups is 1. The standard InChI is InChI=1S/C16H13N5O4S3/c22-13(8-12-5-2-6-26-12)18-15-19-20-16(28-15)27-9-14(23)17-10-3-1-4-11(7-10)21(24)25/h1-7H,8-9H2,(H,17,23)(H,18,19,22). The Kier molecular flexibility index (Phi) is 6.68. The van der Waals surface area contributed by atoms with E-state index in [4.69, 9.17) is 0 Å². The molecule has 0 radical (unpaired) electrons. The molecule has 144 valence electrons. The van der Waals surface area contributed by atoms with Crippen molar-refractivity contribution in [2.45, 2.75) is 10.8 Å². The van der Waals surface area contributed by atoms with Gasteiger partial charge in [-0.1, -0.05) is 35.2 Å². The second kappa shape index (κ2) is 9.39. The number of aromatic nitrogens is 2. The van der Waals surface area contributed by atoms with Crippen LogP contribution in [0.4, 0.5) is 16.5 Å². The number of amides is 2. The molecule has 3 rings (SSSR count). The van der Waals surface area contributed by atoms with Crippen molar-refractivity contribution in [3.63, 3.8) is 0 Å². The molecule has 0 saturated heterocycles. The molecular weight excluding hydrogens is 422 g/mol. The fraction of sp³-hybridized carbons (Fsp3) is 0.125. The largest absolute Gasteiger partial charge is 0.325 e. The van der Waals surface area contributed by atoms with Crippen LogP contribution in [-0.4, -0.2) is 32.7 Å². The third-order valence-electron chi connectivity index (χ3n) is 3.24. The number of carbonyl (C=O) groups is 2. The van der Waals surface area contributed by atoms with Crippen molar-refractivity contribution in [3.05, 3.63) is 56.8 Å². The van der Waals surface area contributed by atoms with Crippen LogP contribution in [0, 0.1) is 10.1 Å². The SMILES string of the molecule is O=C(CSc1nnc(NC(=O)Cc2cccs2)s1)Nc1cccc([N+](=O)[O-])c1. The van der Waals surface area contributed by atoms with E-state index < -0.39 is 4.92 Å². The van der Waals surface area contributed by atoms with Gasteiger partial charge in [0.15, 0.2) is 4.34 Å². The average Bonchev–Trinajstić information content (AvgIpc) is 3.32. The lowest BCUT2D eigenvalue weighted by molar-refractivity contribution is -0.384. The zero-order valence-corrected chi connectivity index (χ0v) is 16.6. The van der Waals surface area contributed by atoms with Crippen LogP contribution in [0.25, 0.3) is 0 Å². The van der Waals surface area contributed by atoms with E-state index in [-0.39, 0.29) is 29.7 Å². The summed E-state index contributed by atoms with van der Waals surface area (Å²) in [6.45, 7) is 0. The number of nitro groups is 1. The Bertz CT molecular complexity index is 990. The van der Waals surface area contributed by atoms with Crippen LogP contribution in [0.1, 0.15) is 4.88 Å². The summed E-state index contributed by atoms with van der Waals surface area (Å²) in [5.41, 5.74) is 0.246. The molecule has 9 nitrogen and oxygen atoms in total. The van der Waals surface area contributed by atoms with E-state index in [1.54, 1.807) is 6.07 Å². The number of hydrogen-bond acceptors (Lipinski definition) is 9. The summed E-state index contributed by atoms with van der Waals surface area (Å²) in [7, 11) is 0. The van der Waals surface area contributed by atoms with Crippen LogP contribution in [0.2, 0.25) is 0 Å². The topological polar surface area (TPSA) is 127 Å². The van der Waals surface area contributed by atoms with Gasteiger partial charge in [-0.2, -0.15) is 0 Å². The van der Waals surface area contributed by atoms with E-state index in [0.717, 1.165) is 16.6 Å². The predicted molar refractivity (Wildman–Crippen MR) is 109 cm³/mol. The van der Waals surface area contributed by atoms with E-state index in [9.17, 15) is 19.7 Å². The molecule has 0 saturated carbocycles. The van der Waals surface area contributed by atoms with Crippen LogP contribution in [0.3, 0.4) is 0 Å². The molecule has 2 N–H and O–H groups in total. The van der Waals surface area contributed by atoms with Gasteiger partial charge in [0.1, 0.15) is 0 Å². The van der Waals surface area contributed by atoms with E-state index in [2.05, 4.69) is 20.8 Å². The lowest BCUT2D eigenvalue weighted by atomic mass is 10.3. The lowest BCUT2D eigenvalue weighted by Gasteiger charge is -2.03. The van der Waals surface area contributed by atoms with Gasteiger partial charge in [0, 0.05) is 22.7 Å². The van der Waals surface area contributed by atoms with Gasteiger partial charge >= 0.3 is 0 Å². The number of rotatable bonds is 8. The lowest BCUT2D eigenvalue weighted by Crippen LogP contribution is -2.14. The highest BCUT2D eigenvalue weighted by molar-refractivity contribution is 8.01. The maximum Gasteiger partial charge on any atom is 0.271 e. The zero-order valence-electron chi connectivity index (χ0n) is 14.2. The van der Waals surface area contributed by atoms with Crippen molar-refractivity contribution in [2.75, 3.05) is 16.4 Å². The molecule has 2 aromatic heterocycles. The second-order valence-corrected chi connectivity index (χ2v) is 8.55. The molecule has 0 spiro atoms. The number of nitrogens with one attached hydrogen (secondary N) is 2. The third kappa shape index (κ3) is 5.84. The van der Waals surface area contributed by atoms with Crippen molar-refractivity contribution in [1.82, 2.24) is 10.2 Å². The summed E-state index contributed by atoms with van der Waals surface area (Å²) < 4.78 is 0.528. The molecule has 0 unspecified atom stereocenters. The van der Waals surface area contributed by atoms with E-state index >= 15 is 0 Å². The maximum atomic E-state index is 12.0. The monoisotopic (exact) mass is 435 g/mol. The first-order chi connectivity index (χ1) is 13.5. The van der Waals surface area contributed by atoms with Crippen LogP contribution in [-0.2, 0) is 16.0 Å². The molecule has 1 aromatic carbocycles. The fourth-order valence-electron chi connectivity index (χ4n) is 2.08.